The Morgan fingerprint density at radius 3 is 2.29 bits per heavy atom. The van der Waals surface area contributed by atoms with E-state index in [-0.39, 0.29) is 11.5 Å². The Bertz CT molecular complexity index is 629. The standard InChI is InChI=1S/C14H10O3/c1-17-9-3-5-11-10-4-2-8(15)6-12(10)14(16)13(11)7-9/h2-7,15H,1H3. The van der Waals surface area contributed by atoms with E-state index in [0.29, 0.717) is 16.9 Å². The molecule has 17 heavy (non-hydrogen) atoms. The van der Waals surface area contributed by atoms with E-state index >= 15 is 0 Å². The maximum Gasteiger partial charge on any atom is 0.194 e. The van der Waals surface area contributed by atoms with E-state index in [0.717, 1.165) is 11.1 Å². The van der Waals surface area contributed by atoms with Gasteiger partial charge in [-0.25, -0.2) is 0 Å². The van der Waals surface area contributed by atoms with Gasteiger partial charge in [0.2, 0.25) is 0 Å². The monoisotopic (exact) mass is 226 g/mol. The van der Waals surface area contributed by atoms with Gasteiger partial charge in [0.25, 0.3) is 0 Å². The Labute approximate surface area is 98.3 Å². The molecule has 0 saturated heterocycles. The van der Waals surface area contributed by atoms with Crippen LogP contribution in [0.3, 0.4) is 0 Å². The van der Waals surface area contributed by atoms with Crippen molar-refractivity contribution in [2.45, 2.75) is 0 Å². The fourth-order valence-electron chi connectivity index (χ4n) is 2.17. The second-order valence-corrected chi connectivity index (χ2v) is 3.97. The van der Waals surface area contributed by atoms with E-state index in [1.165, 1.54) is 6.07 Å². The number of ether oxygens (including phenoxy) is 1. The quantitative estimate of drug-likeness (QED) is 0.693. The van der Waals surface area contributed by atoms with Gasteiger partial charge in [-0.1, -0.05) is 0 Å². The molecule has 0 unspecified atom stereocenters. The zero-order valence-electron chi connectivity index (χ0n) is 9.23. The molecular weight excluding hydrogens is 216 g/mol. The summed E-state index contributed by atoms with van der Waals surface area (Å²) in [5.74, 6) is 0.704. The molecule has 3 nitrogen and oxygen atoms in total. The molecule has 84 valence electrons. The molecule has 2 aromatic rings. The highest BCUT2D eigenvalue weighted by Crippen LogP contribution is 2.39. The van der Waals surface area contributed by atoms with Crippen molar-refractivity contribution in [3.05, 3.63) is 47.5 Å². The van der Waals surface area contributed by atoms with Crippen LogP contribution in [0.5, 0.6) is 11.5 Å². The van der Waals surface area contributed by atoms with Gasteiger partial charge in [-0.2, -0.15) is 0 Å². The van der Waals surface area contributed by atoms with Crippen LogP contribution in [0.2, 0.25) is 0 Å². The molecule has 0 spiro atoms. The number of phenols is 1. The zero-order chi connectivity index (χ0) is 12.0. The first kappa shape index (κ1) is 9.90. The largest absolute Gasteiger partial charge is 0.508 e. The maximum absolute atomic E-state index is 12.1. The normalized spacial score (nSPS) is 12.2. The van der Waals surface area contributed by atoms with E-state index in [2.05, 4.69) is 0 Å². The molecule has 0 atom stereocenters. The summed E-state index contributed by atoms with van der Waals surface area (Å²) in [7, 11) is 1.57. The molecule has 1 N–H and O–H groups in total. The van der Waals surface area contributed by atoms with Crippen molar-refractivity contribution in [1.29, 1.82) is 0 Å². The number of phenolic OH excluding ortho intramolecular Hbond substituents is 1. The van der Waals surface area contributed by atoms with Crippen molar-refractivity contribution < 1.29 is 14.6 Å². The third-order valence-electron chi connectivity index (χ3n) is 3.01. The minimum absolute atomic E-state index is 0.0650. The molecule has 0 heterocycles. The predicted octanol–water partition coefficient (Wildman–Crippen LogP) is 2.61. The van der Waals surface area contributed by atoms with Crippen LogP contribution < -0.4 is 4.74 Å². The van der Waals surface area contributed by atoms with Gasteiger partial charge in [-0.15, -0.1) is 0 Å². The van der Waals surface area contributed by atoms with Crippen LogP contribution in [0, 0.1) is 0 Å². The van der Waals surface area contributed by atoms with Crippen LogP contribution in [0.25, 0.3) is 11.1 Å². The minimum atomic E-state index is -0.0650. The third kappa shape index (κ3) is 1.32. The SMILES string of the molecule is COc1ccc2c(c1)C(=O)c1cc(O)ccc1-2. The molecule has 2 aromatic carbocycles. The summed E-state index contributed by atoms with van der Waals surface area (Å²) in [6.45, 7) is 0. The number of aromatic hydroxyl groups is 1. The van der Waals surface area contributed by atoms with Crippen LogP contribution in [0.1, 0.15) is 15.9 Å². The lowest BCUT2D eigenvalue weighted by Gasteiger charge is -2.02. The smallest absolute Gasteiger partial charge is 0.194 e. The molecule has 0 aliphatic heterocycles. The van der Waals surface area contributed by atoms with Crippen molar-refractivity contribution >= 4 is 5.78 Å². The molecule has 0 aromatic heterocycles. The lowest BCUT2D eigenvalue weighted by atomic mass is 10.1. The van der Waals surface area contributed by atoms with Gasteiger partial charge in [0.05, 0.1) is 7.11 Å². The van der Waals surface area contributed by atoms with Gasteiger partial charge in [0.1, 0.15) is 11.5 Å². The number of carbonyl (C=O) groups is 1. The number of fused-ring (bicyclic) bond motifs is 3. The molecule has 3 heteroatoms. The molecule has 0 bridgehead atoms. The summed E-state index contributed by atoms with van der Waals surface area (Å²) in [4.78, 5) is 12.1. The number of hydrogen-bond donors (Lipinski definition) is 1. The highest BCUT2D eigenvalue weighted by atomic mass is 16.5. The van der Waals surface area contributed by atoms with Gasteiger partial charge < -0.3 is 9.84 Å². The van der Waals surface area contributed by atoms with Crippen LogP contribution in [-0.4, -0.2) is 18.0 Å². The van der Waals surface area contributed by atoms with Gasteiger partial charge in [-0.05, 0) is 47.5 Å². The zero-order valence-corrected chi connectivity index (χ0v) is 9.23. The topological polar surface area (TPSA) is 46.5 Å². The number of rotatable bonds is 1. The molecule has 0 radical (unpaired) electrons. The Morgan fingerprint density at radius 2 is 1.59 bits per heavy atom. The number of benzene rings is 2. The van der Waals surface area contributed by atoms with Crippen molar-refractivity contribution in [3.8, 4) is 22.6 Å². The lowest BCUT2D eigenvalue weighted by molar-refractivity contribution is 0.104. The Kier molecular flexibility index (Phi) is 1.95. The average Bonchev–Trinajstić information content (AvgIpc) is 2.62. The highest BCUT2D eigenvalue weighted by Gasteiger charge is 2.27. The van der Waals surface area contributed by atoms with Crippen molar-refractivity contribution in [1.82, 2.24) is 0 Å². The third-order valence-corrected chi connectivity index (χ3v) is 3.01. The fourth-order valence-corrected chi connectivity index (χ4v) is 2.17. The summed E-state index contributed by atoms with van der Waals surface area (Å²) in [5.41, 5.74) is 2.94. The first-order valence-corrected chi connectivity index (χ1v) is 5.27. The van der Waals surface area contributed by atoms with Crippen LogP contribution in [-0.2, 0) is 0 Å². The van der Waals surface area contributed by atoms with Crippen molar-refractivity contribution in [2.75, 3.05) is 7.11 Å². The summed E-state index contributed by atoms with van der Waals surface area (Å²) < 4.78 is 5.11. The molecule has 0 amide bonds. The van der Waals surface area contributed by atoms with Crippen LogP contribution in [0.4, 0.5) is 0 Å². The fraction of sp³-hybridized carbons (Fsp3) is 0.0714. The van der Waals surface area contributed by atoms with Gasteiger partial charge >= 0.3 is 0 Å². The molecule has 0 saturated carbocycles. The molecule has 1 aliphatic carbocycles. The van der Waals surface area contributed by atoms with Crippen molar-refractivity contribution in [2.24, 2.45) is 0 Å². The summed E-state index contributed by atoms with van der Waals surface area (Å²) in [5, 5.41) is 9.42. The van der Waals surface area contributed by atoms with E-state index in [1.54, 1.807) is 25.3 Å². The predicted molar refractivity (Wildman–Crippen MR) is 63.5 cm³/mol. The van der Waals surface area contributed by atoms with Crippen LogP contribution in [0.15, 0.2) is 36.4 Å². The Hall–Kier alpha value is -2.29. The molecular formula is C14H10O3. The number of methoxy groups -OCH3 is 1. The second kappa shape index (κ2) is 3.35. The van der Waals surface area contributed by atoms with E-state index in [1.807, 2.05) is 12.1 Å². The number of carbonyl (C=O) groups excluding carboxylic acids is 1. The number of hydrogen-bond acceptors (Lipinski definition) is 3. The maximum atomic E-state index is 12.1. The molecule has 1 aliphatic rings. The number of ketones is 1. The second-order valence-electron chi connectivity index (χ2n) is 3.97. The average molecular weight is 226 g/mol. The first-order valence-electron chi connectivity index (χ1n) is 5.27. The van der Waals surface area contributed by atoms with Gasteiger partial charge in [0, 0.05) is 11.1 Å². The van der Waals surface area contributed by atoms with Gasteiger partial charge in [0.15, 0.2) is 5.78 Å². The van der Waals surface area contributed by atoms with Gasteiger partial charge in [-0.3, -0.25) is 4.79 Å². The molecule has 3 rings (SSSR count). The first-order chi connectivity index (χ1) is 8.20. The highest BCUT2D eigenvalue weighted by molar-refractivity contribution is 6.22. The lowest BCUT2D eigenvalue weighted by Crippen LogP contribution is -1.95. The minimum Gasteiger partial charge on any atom is -0.508 e. The van der Waals surface area contributed by atoms with E-state index in [9.17, 15) is 9.90 Å². The van der Waals surface area contributed by atoms with Crippen LogP contribution >= 0.6 is 0 Å². The van der Waals surface area contributed by atoms with E-state index < -0.39 is 0 Å². The summed E-state index contributed by atoms with van der Waals surface area (Å²) >= 11 is 0. The summed E-state index contributed by atoms with van der Waals surface area (Å²) in [6, 6.07) is 10.3. The molecule has 0 fully saturated rings. The Balaban J connectivity index is 2.27. The van der Waals surface area contributed by atoms with Crippen molar-refractivity contribution in [3.63, 3.8) is 0 Å². The Morgan fingerprint density at radius 1 is 0.941 bits per heavy atom. The van der Waals surface area contributed by atoms with E-state index in [4.69, 9.17) is 4.74 Å². The summed E-state index contributed by atoms with van der Waals surface area (Å²) in [6.07, 6.45) is 0.